The van der Waals surface area contributed by atoms with Gasteiger partial charge in [-0.25, -0.2) is 0 Å². The summed E-state index contributed by atoms with van der Waals surface area (Å²) in [5.41, 5.74) is 3.95. The van der Waals surface area contributed by atoms with Crippen molar-refractivity contribution in [3.8, 4) is 0 Å². The van der Waals surface area contributed by atoms with E-state index in [4.69, 9.17) is 0 Å². The lowest BCUT2D eigenvalue weighted by molar-refractivity contribution is 0.115. The molecular formula is C17H27NO. The average Bonchev–Trinajstić information content (AvgIpc) is 2.54. The largest absolute Gasteiger partial charge is 0.392 e. The number of rotatable bonds is 3. The molecule has 0 aromatic heterocycles. The molecule has 2 heteroatoms. The van der Waals surface area contributed by atoms with Crippen LogP contribution in [0.4, 0.5) is 0 Å². The van der Waals surface area contributed by atoms with Crippen molar-refractivity contribution in [3.63, 3.8) is 0 Å². The monoisotopic (exact) mass is 261 g/mol. The summed E-state index contributed by atoms with van der Waals surface area (Å²) in [4.78, 5) is 0. The summed E-state index contributed by atoms with van der Waals surface area (Å²) in [5.74, 6) is 0. The molecule has 1 aromatic rings. The Balaban J connectivity index is 2.04. The number of aryl methyl sites for hydroxylation is 2. The van der Waals surface area contributed by atoms with Crippen LogP contribution in [0.2, 0.25) is 0 Å². The molecule has 0 heterocycles. The standard InChI is InChI=1S/C17H27NO/c1-12-9-13(2)11-15(10-12)14(3)18-16-7-5-4-6-8-17(16)19/h9-11,14,16-19H,4-8H2,1-3H3. The fraction of sp³-hybridized carbons (Fsp3) is 0.647. The highest BCUT2D eigenvalue weighted by Crippen LogP contribution is 2.22. The number of aliphatic hydroxyl groups excluding tert-OH is 1. The zero-order valence-corrected chi connectivity index (χ0v) is 12.4. The van der Waals surface area contributed by atoms with E-state index < -0.39 is 0 Å². The van der Waals surface area contributed by atoms with Gasteiger partial charge in [0.2, 0.25) is 0 Å². The second-order valence-corrected chi connectivity index (χ2v) is 6.12. The summed E-state index contributed by atoms with van der Waals surface area (Å²) in [6.45, 7) is 6.49. The lowest BCUT2D eigenvalue weighted by atomic mass is 9.99. The molecule has 0 amide bonds. The predicted octanol–water partition coefficient (Wildman–Crippen LogP) is 3.65. The highest BCUT2D eigenvalue weighted by Gasteiger charge is 2.23. The van der Waals surface area contributed by atoms with E-state index in [9.17, 15) is 5.11 Å². The van der Waals surface area contributed by atoms with Crippen LogP contribution in [0.25, 0.3) is 0 Å². The molecule has 0 aliphatic heterocycles. The maximum atomic E-state index is 10.2. The molecule has 19 heavy (non-hydrogen) atoms. The number of hydrogen-bond donors (Lipinski definition) is 2. The minimum absolute atomic E-state index is 0.184. The van der Waals surface area contributed by atoms with E-state index >= 15 is 0 Å². The Hall–Kier alpha value is -0.860. The number of hydrogen-bond acceptors (Lipinski definition) is 2. The fourth-order valence-corrected chi connectivity index (χ4v) is 3.16. The molecule has 2 rings (SSSR count). The summed E-state index contributed by atoms with van der Waals surface area (Å²) < 4.78 is 0. The lowest BCUT2D eigenvalue weighted by Crippen LogP contribution is -2.40. The Morgan fingerprint density at radius 3 is 2.37 bits per heavy atom. The van der Waals surface area contributed by atoms with Crippen LogP contribution in [0.1, 0.15) is 61.8 Å². The third-order valence-electron chi connectivity index (χ3n) is 4.19. The first-order chi connectivity index (χ1) is 9.06. The van der Waals surface area contributed by atoms with E-state index in [0.717, 1.165) is 19.3 Å². The summed E-state index contributed by atoms with van der Waals surface area (Å²) in [6, 6.07) is 7.24. The number of nitrogens with one attached hydrogen (secondary N) is 1. The molecule has 1 fully saturated rings. The Kier molecular flexibility index (Phi) is 5.00. The molecule has 1 aliphatic carbocycles. The molecule has 0 radical (unpaired) electrons. The van der Waals surface area contributed by atoms with Crippen LogP contribution in [-0.4, -0.2) is 17.3 Å². The summed E-state index contributed by atoms with van der Waals surface area (Å²) in [7, 11) is 0. The first-order valence-corrected chi connectivity index (χ1v) is 7.58. The van der Waals surface area contributed by atoms with E-state index in [2.05, 4.69) is 44.3 Å². The molecule has 0 saturated heterocycles. The van der Waals surface area contributed by atoms with Crippen LogP contribution in [-0.2, 0) is 0 Å². The van der Waals surface area contributed by atoms with Crippen LogP contribution < -0.4 is 5.32 Å². The average molecular weight is 261 g/mol. The normalized spacial score (nSPS) is 25.9. The summed E-state index contributed by atoms with van der Waals surface area (Å²) in [5, 5.41) is 13.8. The second kappa shape index (κ2) is 6.53. The van der Waals surface area contributed by atoms with Crippen molar-refractivity contribution in [2.75, 3.05) is 0 Å². The quantitative estimate of drug-likeness (QED) is 0.814. The van der Waals surface area contributed by atoms with Crippen molar-refractivity contribution < 1.29 is 5.11 Å². The maximum absolute atomic E-state index is 10.2. The van der Waals surface area contributed by atoms with Crippen LogP contribution in [0.5, 0.6) is 0 Å². The first kappa shape index (κ1) is 14.5. The first-order valence-electron chi connectivity index (χ1n) is 7.58. The second-order valence-electron chi connectivity index (χ2n) is 6.12. The molecule has 2 N–H and O–H groups in total. The van der Waals surface area contributed by atoms with Crippen molar-refractivity contribution >= 4 is 0 Å². The molecule has 0 bridgehead atoms. The topological polar surface area (TPSA) is 32.3 Å². The molecular weight excluding hydrogens is 234 g/mol. The molecule has 1 saturated carbocycles. The SMILES string of the molecule is Cc1cc(C)cc(C(C)NC2CCCCCC2O)c1. The predicted molar refractivity (Wildman–Crippen MR) is 80.3 cm³/mol. The molecule has 1 aliphatic rings. The highest BCUT2D eigenvalue weighted by molar-refractivity contribution is 5.30. The molecule has 3 atom stereocenters. The Labute approximate surface area is 117 Å². The van der Waals surface area contributed by atoms with Crippen molar-refractivity contribution in [3.05, 3.63) is 34.9 Å². The fourth-order valence-electron chi connectivity index (χ4n) is 3.16. The van der Waals surface area contributed by atoms with Gasteiger partial charge in [0.25, 0.3) is 0 Å². The zero-order valence-electron chi connectivity index (χ0n) is 12.4. The van der Waals surface area contributed by atoms with Crippen molar-refractivity contribution in [1.29, 1.82) is 0 Å². The summed E-state index contributed by atoms with van der Waals surface area (Å²) in [6.07, 6.45) is 5.50. The van der Waals surface area contributed by atoms with Gasteiger partial charge in [0.15, 0.2) is 0 Å². The van der Waals surface area contributed by atoms with Crippen LogP contribution in [0.15, 0.2) is 18.2 Å². The highest BCUT2D eigenvalue weighted by atomic mass is 16.3. The smallest absolute Gasteiger partial charge is 0.0693 e. The van der Waals surface area contributed by atoms with Gasteiger partial charge in [0.05, 0.1) is 6.10 Å². The Morgan fingerprint density at radius 1 is 1.05 bits per heavy atom. The van der Waals surface area contributed by atoms with Crippen LogP contribution in [0, 0.1) is 13.8 Å². The van der Waals surface area contributed by atoms with Gasteiger partial charge in [-0.15, -0.1) is 0 Å². The van der Waals surface area contributed by atoms with Crippen LogP contribution >= 0.6 is 0 Å². The third kappa shape index (κ3) is 4.05. The van der Waals surface area contributed by atoms with Gasteiger partial charge >= 0.3 is 0 Å². The van der Waals surface area contributed by atoms with Crippen molar-refractivity contribution in [1.82, 2.24) is 5.32 Å². The van der Waals surface area contributed by atoms with Gasteiger partial charge in [-0.05, 0) is 39.2 Å². The van der Waals surface area contributed by atoms with Crippen molar-refractivity contribution in [2.45, 2.75) is 71.1 Å². The molecule has 3 unspecified atom stereocenters. The van der Waals surface area contributed by atoms with Gasteiger partial charge in [-0.1, -0.05) is 48.6 Å². The third-order valence-corrected chi connectivity index (χ3v) is 4.19. The maximum Gasteiger partial charge on any atom is 0.0693 e. The van der Waals surface area contributed by atoms with E-state index in [-0.39, 0.29) is 12.1 Å². The van der Waals surface area contributed by atoms with E-state index in [1.807, 2.05) is 0 Å². The zero-order chi connectivity index (χ0) is 13.8. The molecule has 1 aromatic carbocycles. The van der Waals surface area contributed by atoms with Gasteiger partial charge < -0.3 is 10.4 Å². The van der Waals surface area contributed by atoms with E-state index in [1.54, 1.807) is 0 Å². The van der Waals surface area contributed by atoms with Crippen molar-refractivity contribution in [2.24, 2.45) is 0 Å². The number of aliphatic hydroxyl groups is 1. The van der Waals surface area contributed by atoms with Gasteiger partial charge in [0, 0.05) is 12.1 Å². The molecule has 0 spiro atoms. The minimum Gasteiger partial charge on any atom is -0.392 e. The molecule has 106 valence electrons. The minimum atomic E-state index is -0.184. The Morgan fingerprint density at radius 2 is 1.68 bits per heavy atom. The number of benzene rings is 1. The Bertz CT molecular complexity index is 395. The molecule has 2 nitrogen and oxygen atoms in total. The van der Waals surface area contributed by atoms with Crippen LogP contribution in [0.3, 0.4) is 0 Å². The van der Waals surface area contributed by atoms with Gasteiger partial charge in [0.1, 0.15) is 0 Å². The summed E-state index contributed by atoms with van der Waals surface area (Å²) >= 11 is 0. The van der Waals surface area contributed by atoms with Gasteiger partial charge in [-0.3, -0.25) is 0 Å². The van der Waals surface area contributed by atoms with E-state index in [1.165, 1.54) is 29.5 Å². The lowest BCUT2D eigenvalue weighted by Gasteiger charge is -2.26. The van der Waals surface area contributed by atoms with E-state index in [0.29, 0.717) is 6.04 Å². The van der Waals surface area contributed by atoms with Gasteiger partial charge in [-0.2, -0.15) is 0 Å².